The summed E-state index contributed by atoms with van der Waals surface area (Å²) < 4.78 is 0. The second kappa shape index (κ2) is 5.52. The van der Waals surface area contributed by atoms with Crippen molar-refractivity contribution in [3.8, 4) is 0 Å². The summed E-state index contributed by atoms with van der Waals surface area (Å²) in [6, 6.07) is 20.5. The largest absolute Gasteiger partial charge is 0.375 e. The molecule has 23 heavy (non-hydrogen) atoms. The summed E-state index contributed by atoms with van der Waals surface area (Å²) in [5.41, 5.74) is 10.2. The maximum Gasteiger partial charge on any atom is 0.187 e. The number of hydrazone groups is 1. The van der Waals surface area contributed by atoms with E-state index in [9.17, 15) is 0 Å². The van der Waals surface area contributed by atoms with Crippen LogP contribution in [0.2, 0.25) is 0 Å². The number of nitrogens with zero attached hydrogens (tertiary/aromatic N) is 2. The fourth-order valence-electron chi connectivity index (χ4n) is 3.04. The molecule has 3 aromatic rings. The second-order valence-electron chi connectivity index (χ2n) is 5.63. The number of H-pyrrole nitrogens is 1. The van der Waals surface area contributed by atoms with Gasteiger partial charge in [-0.25, -0.2) is 5.01 Å². The molecule has 0 spiro atoms. The standard InChI is InChI=1S/C18H16N4S/c19-18(23)22-17(11-15(21-22)12-6-2-1-3-7-12)16-10-13-8-4-5-9-14(13)20-16/h1-10,17,20H,11H2,(H2,19,23). The minimum absolute atomic E-state index is 0.00936. The first kappa shape index (κ1) is 14.0. The van der Waals surface area contributed by atoms with Crippen molar-refractivity contribution in [2.24, 2.45) is 10.8 Å². The summed E-state index contributed by atoms with van der Waals surface area (Å²) in [5, 5.41) is 7.86. The molecular weight excluding hydrogens is 304 g/mol. The number of thiocarbonyl (C=S) groups is 1. The molecular formula is C18H16N4S. The van der Waals surface area contributed by atoms with E-state index in [2.05, 4.69) is 40.4 Å². The Balaban J connectivity index is 1.72. The van der Waals surface area contributed by atoms with Crippen LogP contribution in [0.25, 0.3) is 10.9 Å². The zero-order chi connectivity index (χ0) is 15.8. The smallest absolute Gasteiger partial charge is 0.187 e. The molecule has 2 heterocycles. The molecule has 1 aliphatic heterocycles. The SMILES string of the molecule is NC(=S)N1N=C(c2ccccc2)CC1c1cc2ccccc2[nH]1. The van der Waals surface area contributed by atoms with Crippen molar-refractivity contribution in [1.29, 1.82) is 0 Å². The van der Waals surface area contributed by atoms with E-state index in [1.807, 2.05) is 30.3 Å². The van der Waals surface area contributed by atoms with E-state index in [1.165, 1.54) is 5.39 Å². The van der Waals surface area contributed by atoms with Crippen LogP contribution < -0.4 is 5.73 Å². The van der Waals surface area contributed by atoms with Gasteiger partial charge in [0, 0.05) is 17.6 Å². The van der Waals surface area contributed by atoms with Crippen LogP contribution in [0.1, 0.15) is 23.7 Å². The van der Waals surface area contributed by atoms with Gasteiger partial charge >= 0.3 is 0 Å². The Hall–Kier alpha value is -2.66. The highest BCUT2D eigenvalue weighted by atomic mass is 32.1. The predicted molar refractivity (Wildman–Crippen MR) is 97.3 cm³/mol. The maximum atomic E-state index is 5.90. The molecule has 0 aliphatic carbocycles. The summed E-state index contributed by atoms with van der Waals surface area (Å²) in [6.07, 6.45) is 0.772. The van der Waals surface area contributed by atoms with Crippen molar-refractivity contribution in [3.63, 3.8) is 0 Å². The van der Waals surface area contributed by atoms with Gasteiger partial charge in [0.1, 0.15) is 6.04 Å². The van der Waals surface area contributed by atoms with E-state index in [4.69, 9.17) is 18.0 Å². The lowest BCUT2D eigenvalue weighted by molar-refractivity contribution is 0.367. The molecule has 1 aliphatic rings. The number of rotatable bonds is 2. The van der Waals surface area contributed by atoms with E-state index in [1.54, 1.807) is 5.01 Å². The highest BCUT2D eigenvalue weighted by molar-refractivity contribution is 7.80. The fraction of sp³-hybridized carbons (Fsp3) is 0.111. The van der Waals surface area contributed by atoms with Crippen molar-refractivity contribution in [1.82, 2.24) is 9.99 Å². The molecule has 1 atom stereocenters. The predicted octanol–water partition coefficient (Wildman–Crippen LogP) is 3.56. The molecule has 2 aromatic carbocycles. The van der Waals surface area contributed by atoms with Crippen molar-refractivity contribution >= 4 is 33.9 Å². The summed E-state index contributed by atoms with van der Waals surface area (Å²) in [6.45, 7) is 0. The number of nitrogens with one attached hydrogen (secondary N) is 1. The summed E-state index contributed by atoms with van der Waals surface area (Å²) >= 11 is 5.20. The van der Waals surface area contributed by atoms with Crippen LogP contribution in [0, 0.1) is 0 Å². The van der Waals surface area contributed by atoms with Crippen molar-refractivity contribution in [2.45, 2.75) is 12.5 Å². The summed E-state index contributed by atoms with van der Waals surface area (Å²) in [5.74, 6) is 0. The van der Waals surface area contributed by atoms with Crippen LogP contribution >= 0.6 is 12.2 Å². The fourth-order valence-corrected chi connectivity index (χ4v) is 3.20. The Morgan fingerprint density at radius 2 is 1.87 bits per heavy atom. The average Bonchev–Trinajstić information content (AvgIpc) is 3.19. The third kappa shape index (κ3) is 2.49. The van der Waals surface area contributed by atoms with Gasteiger partial charge in [0.25, 0.3) is 0 Å². The summed E-state index contributed by atoms with van der Waals surface area (Å²) in [7, 11) is 0. The van der Waals surface area contributed by atoms with Gasteiger partial charge in [-0.1, -0.05) is 48.5 Å². The first-order chi connectivity index (χ1) is 11.2. The van der Waals surface area contributed by atoms with Gasteiger partial charge in [0.2, 0.25) is 0 Å². The Labute approximate surface area is 139 Å². The Bertz CT molecular complexity index is 865. The van der Waals surface area contributed by atoms with Crippen LogP contribution in [0.3, 0.4) is 0 Å². The molecule has 1 aromatic heterocycles. The van der Waals surface area contributed by atoms with Crippen molar-refractivity contribution in [2.75, 3.05) is 0 Å². The van der Waals surface area contributed by atoms with Crippen molar-refractivity contribution < 1.29 is 0 Å². The molecule has 0 radical (unpaired) electrons. The Kier molecular flexibility index (Phi) is 3.35. The molecule has 0 fully saturated rings. The topological polar surface area (TPSA) is 57.4 Å². The Morgan fingerprint density at radius 3 is 2.61 bits per heavy atom. The molecule has 4 rings (SSSR count). The minimum atomic E-state index is 0.00936. The number of fused-ring (bicyclic) bond motifs is 1. The molecule has 1 unspecified atom stereocenters. The van der Waals surface area contributed by atoms with Gasteiger partial charge in [-0.15, -0.1) is 0 Å². The quantitative estimate of drug-likeness (QED) is 0.710. The molecule has 4 nitrogen and oxygen atoms in total. The number of aromatic amines is 1. The van der Waals surface area contributed by atoms with Gasteiger partial charge in [0.15, 0.2) is 5.11 Å². The third-order valence-electron chi connectivity index (χ3n) is 4.15. The number of hydrogen-bond donors (Lipinski definition) is 2. The monoisotopic (exact) mass is 320 g/mol. The lowest BCUT2D eigenvalue weighted by Crippen LogP contribution is -2.31. The number of aromatic nitrogens is 1. The molecule has 0 bridgehead atoms. The van der Waals surface area contributed by atoms with Gasteiger partial charge in [-0.05, 0) is 35.3 Å². The van der Waals surface area contributed by atoms with E-state index >= 15 is 0 Å². The molecule has 0 saturated heterocycles. The van der Waals surface area contributed by atoms with E-state index in [0.29, 0.717) is 5.11 Å². The van der Waals surface area contributed by atoms with Gasteiger partial charge in [0.05, 0.1) is 5.71 Å². The molecule has 114 valence electrons. The Morgan fingerprint density at radius 1 is 1.13 bits per heavy atom. The normalized spacial score (nSPS) is 17.5. The number of nitrogens with two attached hydrogens (primary N) is 1. The number of benzene rings is 2. The van der Waals surface area contributed by atoms with Crippen LogP contribution in [-0.2, 0) is 0 Å². The molecule has 3 N–H and O–H groups in total. The van der Waals surface area contributed by atoms with E-state index in [-0.39, 0.29) is 6.04 Å². The lowest BCUT2D eigenvalue weighted by Gasteiger charge is -2.20. The van der Waals surface area contributed by atoms with Crippen LogP contribution in [-0.4, -0.2) is 20.8 Å². The number of hydrogen-bond acceptors (Lipinski definition) is 2. The van der Waals surface area contributed by atoms with E-state index in [0.717, 1.165) is 28.9 Å². The van der Waals surface area contributed by atoms with Gasteiger partial charge in [-0.3, -0.25) is 0 Å². The minimum Gasteiger partial charge on any atom is -0.375 e. The molecule has 0 saturated carbocycles. The second-order valence-corrected chi connectivity index (χ2v) is 6.05. The first-order valence-corrected chi connectivity index (χ1v) is 7.92. The maximum absolute atomic E-state index is 5.90. The first-order valence-electron chi connectivity index (χ1n) is 7.51. The van der Waals surface area contributed by atoms with Crippen LogP contribution in [0.15, 0.2) is 65.8 Å². The zero-order valence-electron chi connectivity index (χ0n) is 12.4. The van der Waals surface area contributed by atoms with Gasteiger partial charge < -0.3 is 10.7 Å². The van der Waals surface area contributed by atoms with Crippen LogP contribution in [0.4, 0.5) is 0 Å². The third-order valence-corrected chi connectivity index (χ3v) is 4.34. The van der Waals surface area contributed by atoms with Crippen LogP contribution in [0.5, 0.6) is 0 Å². The summed E-state index contributed by atoms with van der Waals surface area (Å²) in [4.78, 5) is 3.46. The van der Waals surface area contributed by atoms with Crippen molar-refractivity contribution in [3.05, 3.63) is 71.9 Å². The molecule has 0 amide bonds. The van der Waals surface area contributed by atoms with Gasteiger partial charge in [-0.2, -0.15) is 5.10 Å². The highest BCUT2D eigenvalue weighted by Crippen LogP contribution is 2.33. The average molecular weight is 320 g/mol. The lowest BCUT2D eigenvalue weighted by atomic mass is 10.0. The van der Waals surface area contributed by atoms with E-state index < -0.39 is 0 Å². The number of para-hydroxylation sites is 1. The zero-order valence-corrected chi connectivity index (χ0v) is 13.3. The highest BCUT2D eigenvalue weighted by Gasteiger charge is 2.31. The molecule has 5 heteroatoms.